The number of halogens is 1. The normalized spacial score (nSPS) is 10.7. The molecule has 5 heteroatoms. The first-order valence-electron chi connectivity index (χ1n) is 6.89. The van der Waals surface area contributed by atoms with Gasteiger partial charge in [0.1, 0.15) is 0 Å². The summed E-state index contributed by atoms with van der Waals surface area (Å²) >= 11 is 6.02. The van der Waals surface area contributed by atoms with Crippen molar-refractivity contribution >= 4 is 23.2 Å². The lowest BCUT2D eigenvalue weighted by molar-refractivity contribution is 0.0787. The van der Waals surface area contributed by atoms with Gasteiger partial charge in [0.2, 0.25) is 0 Å². The molecule has 0 bridgehead atoms. The highest BCUT2D eigenvalue weighted by Gasteiger charge is 2.16. The smallest absolute Gasteiger partial charge is 0.255 e. The van der Waals surface area contributed by atoms with Crippen molar-refractivity contribution in [1.29, 1.82) is 0 Å². The first kappa shape index (κ1) is 16.8. The molecule has 112 valence electrons. The Labute approximate surface area is 126 Å². The molecule has 1 aromatic carbocycles. The molecule has 0 heterocycles. The fraction of sp³-hybridized carbons (Fsp3) is 0.533. The van der Waals surface area contributed by atoms with Crippen molar-refractivity contribution in [2.45, 2.75) is 13.3 Å². The van der Waals surface area contributed by atoms with Crippen LogP contribution in [0.4, 0.5) is 5.69 Å². The van der Waals surface area contributed by atoms with Gasteiger partial charge in [-0.05, 0) is 38.7 Å². The van der Waals surface area contributed by atoms with Crippen LogP contribution in [-0.4, -0.2) is 56.5 Å². The van der Waals surface area contributed by atoms with Crippen LogP contribution in [0.25, 0.3) is 0 Å². The van der Waals surface area contributed by atoms with Crippen LogP contribution in [-0.2, 0) is 0 Å². The molecule has 1 N–H and O–H groups in total. The second kappa shape index (κ2) is 8.12. The first-order chi connectivity index (χ1) is 9.45. The number of benzene rings is 1. The minimum atomic E-state index is -0.00652. The van der Waals surface area contributed by atoms with Crippen LogP contribution in [0.1, 0.15) is 23.7 Å². The highest BCUT2D eigenvalue weighted by atomic mass is 35.5. The maximum absolute atomic E-state index is 12.5. The molecule has 0 aromatic heterocycles. The summed E-state index contributed by atoms with van der Waals surface area (Å²) in [6.07, 6.45) is 1.01. The third-order valence-electron chi connectivity index (χ3n) is 3.01. The van der Waals surface area contributed by atoms with Crippen LogP contribution >= 0.6 is 11.6 Å². The number of hydrogen-bond acceptors (Lipinski definition) is 3. The van der Waals surface area contributed by atoms with Gasteiger partial charge >= 0.3 is 0 Å². The summed E-state index contributed by atoms with van der Waals surface area (Å²) in [6, 6.07) is 5.40. The first-order valence-corrected chi connectivity index (χ1v) is 7.27. The average Bonchev–Trinajstić information content (AvgIpc) is 2.42. The van der Waals surface area contributed by atoms with Crippen molar-refractivity contribution in [3.8, 4) is 0 Å². The standard InChI is InChI=1S/C15H24ClN3O/c1-5-8-17-14-7-6-12(16)11-13(14)15(20)19(4)10-9-18(2)3/h6-7,11,17H,5,8-10H2,1-4H3. The Kier molecular flexibility index (Phi) is 6.82. The molecule has 0 saturated heterocycles. The third-order valence-corrected chi connectivity index (χ3v) is 3.24. The number of nitrogens with one attached hydrogen (secondary N) is 1. The Bertz CT molecular complexity index is 449. The second-order valence-electron chi connectivity index (χ2n) is 5.15. The lowest BCUT2D eigenvalue weighted by atomic mass is 10.1. The van der Waals surface area contributed by atoms with Gasteiger partial charge in [0.25, 0.3) is 5.91 Å². The fourth-order valence-electron chi connectivity index (χ4n) is 1.76. The molecule has 0 aliphatic rings. The van der Waals surface area contributed by atoms with Crippen molar-refractivity contribution in [2.75, 3.05) is 46.1 Å². The zero-order chi connectivity index (χ0) is 15.1. The van der Waals surface area contributed by atoms with Gasteiger partial charge in [-0.25, -0.2) is 0 Å². The van der Waals surface area contributed by atoms with Gasteiger partial charge in [-0.15, -0.1) is 0 Å². The van der Waals surface area contributed by atoms with Gasteiger partial charge in [0, 0.05) is 37.4 Å². The molecule has 4 nitrogen and oxygen atoms in total. The average molecular weight is 298 g/mol. The largest absolute Gasteiger partial charge is 0.384 e. The summed E-state index contributed by atoms with van der Waals surface area (Å²) in [5.41, 5.74) is 1.48. The molecule has 0 unspecified atom stereocenters. The molecule has 1 rings (SSSR count). The number of likely N-dealkylation sites (N-methyl/N-ethyl adjacent to an activating group) is 2. The summed E-state index contributed by atoms with van der Waals surface area (Å²) < 4.78 is 0. The summed E-state index contributed by atoms with van der Waals surface area (Å²) in [4.78, 5) is 16.3. The van der Waals surface area contributed by atoms with E-state index in [9.17, 15) is 4.79 Å². The molecule has 1 amide bonds. The second-order valence-corrected chi connectivity index (χ2v) is 5.58. The molecule has 0 aliphatic carbocycles. The molecule has 20 heavy (non-hydrogen) atoms. The van der Waals surface area contributed by atoms with Crippen molar-refractivity contribution in [3.63, 3.8) is 0 Å². The predicted molar refractivity (Wildman–Crippen MR) is 85.7 cm³/mol. The minimum Gasteiger partial charge on any atom is -0.384 e. The number of carbonyl (C=O) groups excluding carboxylic acids is 1. The molecule has 0 atom stereocenters. The van der Waals surface area contributed by atoms with E-state index in [1.807, 2.05) is 27.2 Å². The number of rotatable bonds is 7. The predicted octanol–water partition coefficient (Wildman–Crippen LogP) is 2.80. The van der Waals surface area contributed by atoms with Crippen molar-refractivity contribution in [3.05, 3.63) is 28.8 Å². The highest BCUT2D eigenvalue weighted by molar-refractivity contribution is 6.31. The summed E-state index contributed by atoms with van der Waals surface area (Å²) in [6.45, 7) is 4.45. The Hall–Kier alpha value is -1.26. The number of nitrogens with zero attached hydrogens (tertiary/aromatic N) is 2. The molecule has 1 aromatic rings. The van der Waals surface area contributed by atoms with E-state index in [0.717, 1.165) is 25.2 Å². The van der Waals surface area contributed by atoms with E-state index in [2.05, 4.69) is 17.1 Å². The molecular weight excluding hydrogens is 274 g/mol. The van der Waals surface area contributed by atoms with E-state index in [1.54, 1.807) is 17.0 Å². The quantitative estimate of drug-likeness (QED) is 0.840. The van der Waals surface area contributed by atoms with E-state index in [4.69, 9.17) is 11.6 Å². The maximum atomic E-state index is 12.5. The van der Waals surface area contributed by atoms with Crippen molar-refractivity contribution < 1.29 is 4.79 Å². The molecule has 0 aliphatic heterocycles. The lowest BCUT2D eigenvalue weighted by Crippen LogP contribution is -2.33. The zero-order valence-electron chi connectivity index (χ0n) is 12.7. The lowest BCUT2D eigenvalue weighted by Gasteiger charge is -2.21. The molecule has 0 fully saturated rings. The van der Waals surface area contributed by atoms with E-state index in [0.29, 0.717) is 17.1 Å². The molecular formula is C15H24ClN3O. The van der Waals surface area contributed by atoms with E-state index < -0.39 is 0 Å². The van der Waals surface area contributed by atoms with Gasteiger partial charge in [-0.2, -0.15) is 0 Å². The topological polar surface area (TPSA) is 35.6 Å². The van der Waals surface area contributed by atoms with E-state index in [-0.39, 0.29) is 5.91 Å². The summed E-state index contributed by atoms with van der Waals surface area (Å²) in [5.74, 6) is -0.00652. The van der Waals surface area contributed by atoms with E-state index >= 15 is 0 Å². The van der Waals surface area contributed by atoms with Crippen molar-refractivity contribution in [1.82, 2.24) is 9.80 Å². The number of anilines is 1. The maximum Gasteiger partial charge on any atom is 0.255 e. The summed E-state index contributed by atoms with van der Waals surface area (Å²) in [5, 5.41) is 3.85. The Balaban J connectivity index is 2.86. The van der Waals surface area contributed by atoms with E-state index in [1.165, 1.54) is 0 Å². The zero-order valence-corrected chi connectivity index (χ0v) is 13.5. The fourth-order valence-corrected chi connectivity index (χ4v) is 1.94. The highest BCUT2D eigenvalue weighted by Crippen LogP contribution is 2.22. The van der Waals surface area contributed by atoms with Crippen LogP contribution < -0.4 is 5.32 Å². The van der Waals surface area contributed by atoms with Gasteiger partial charge in [-0.1, -0.05) is 18.5 Å². The van der Waals surface area contributed by atoms with Crippen LogP contribution in [0.15, 0.2) is 18.2 Å². The minimum absolute atomic E-state index is 0.00652. The number of carbonyl (C=O) groups is 1. The third kappa shape index (κ3) is 5.02. The molecule has 0 radical (unpaired) electrons. The molecule has 0 saturated carbocycles. The summed E-state index contributed by atoms with van der Waals surface area (Å²) in [7, 11) is 5.80. The Morgan fingerprint density at radius 2 is 1.95 bits per heavy atom. The van der Waals surface area contributed by atoms with Crippen LogP contribution in [0, 0.1) is 0 Å². The van der Waals surface area contributed by atoms with Gasteiger partial charge in [0.05, 0.1) is 5.56 Å². The Morgan fingerprint density at radius 3 is 2.55 bits per heavy atom. The van der Waals surface area contributed by atoms with Crippen LogP contribution in [0.3, 0.4) is 0 Å². The SMILES string of the molecule is CCCNc1ccc(Cl)cc1C(=O)N(C)CCN(C)C. The number of hydrogen-bond donors (Lipinski definition) is 1. The monoisotopic (exact) mass is 297 g/mol. The van der Waals surface area contributed by atoms with Crippen LogP contribution in [0.5, 0.6) is 0 Å². The van der Waals surface area contributed by atoms with Gasteiger partial charge in [0.15, 0.2) is 0 Å². The van der Waals surface area contributed by atoms with Crippen LogP contribution in [0.2, 0.25) is 5.02 Å². The molecule has 0 spiro atoms. The number of amides is 1. The van der Waals surface area contributed by atoms with Gasteiger partial charge < -0.3 is 15.1 Å². The van der Waals surface area contributed by atoms with Gasteiger partial charge in [-0.3, -0.25) is 4.79 Å². The van der Waals surface area contributed by atoms with Crippen molar-refractivity contribution in [2.24, 2.45) is 0 Å². The Morgan fingerprint density at radius 1 is 1.25 bits per heavy atom.